The summed E-state index contributed by atoms with van der Waals surface area (Å²) in [5.41, 5.74) is 2.05. The summed E-state index contributed by atoms with van der Waals surface area (Å²) in [6, 6.07) is 7.86. The second kappa shape index (κ2) is 3.96. The van der Waals surface area contributed by atoms with E-state index in [9.17, 15) is 5.11 Å². The molecule has 0 saturated carbocycles. The predicted octanol–water partition coefficient (Wildman–Crippen LogP) is 1.10. The van der Waals surface area contributed by atoms with Gasteiger partial charge in [-0.2, -0.15) is 0 Å². The molecule has 1 heterocycles. The van der Waals surface area contributed by atoms with Crippen LogP contribution in [0.5, 0.6) is 0 Å². The number of halogens is 1. The van der Waals surface area contributed by atoms with E-state index in [0.29, 0.717) is 6.67 Å². The number of aliphatic hydroxyl groups is 1. The molecule has 1 aromatic carbocycles. The molecule has 1 aliphatic rings. The van der Waals surface area contributed by atoms with Gasteiger partial charge in [0.05, 0.1) is 6.67 Å². The third kappa shape index (κ3) is 1.77. The monoisotopic (exact) mass is 200 g/mol. The van der Waals surface area contributed by atoms with E-state index in [1.807, 2.05) is 31.3 Å². The van der Waals surface area contributed by atoms with Gasteiger partial charge in [-0.05, 0) is 6.07 Å². The Kier molecular flexibility index (Phi) is 3.14. The van der Waals surface area contributed by atoms with Crippen LogP contribution >= 0.6 is 12.4 Å². The van der Waals surface area contributed by atoms with Crippen molar-refractivity contribution in [2.45, 2.75) is 6.23 Å². The predicted molar refractivity (Wildman–Crippen MR) is 55.1 cm³/mol. The van der Waals surface area contributed by atoms with Gasteiger partial charge in [0.25, 0.3) is 0 Å². The molecule has 0 fully saturated rings. The number of benzene rings is 1. The Balaban J connectivity index is 0.000000845. The maximum atomic E-state index is 9.54. The zero-order valence-corrected chi connectivity index (χ0v) is 8.21. The molecule has 1 unspecified atom stereocenters. The zero-order chi connectivity index (χ0) is 8.55. The van der Waals surface area contributed by atoms with E-state index >= 15 is 0 Å². The number of nitrogens with zero attached hydrogens (tertiary/aromatic N) is 1. The average molecular weight is 201 g/mol. The highest BCUT2D eigenvalue weighted by Crippen LogP contribution is 2.26. The van der Waals surface area contributed by atoms with Crippen molar-refractivity contribution in [3.05, 3.63) is 29.8 Å². The molecule has 0 amide bonds. The van der Waals surface area contributed by atoms with Gasteiger partial charge in [-0.3, -0.25) is 5.32 Å². The molecule has 0 aromatic heterocycles. The highest BCUT2D eigenvalue weighted by atomic mass is 35.5. The molecule has 72 valence electrons. The van der Waals surface area contributed by atoms with Gasteiger partial charge in [0.15, 0.2) is 0 Å². The summed E-state index contributed by atoms with van der Waals surface area (Å²) in [6.45, 7) is 0.693. The van der Waals surface area contributed by atoms with E-state index in [1.165, 1.54) is 0 Å². The van der Waals surface area contributed by atoms with Crippen molar-refractivity contribution < 1.29 is 5.11 Å². The Morgan fingerprint density at radius 1 is 1.46 bits per heavy atom. The largest absolute Gasteiger partial charge is 0.374 e. The number of para-hydroxylation sites is 1. The summed E-state index contributed by atoms with van der Waals surface area (Å²) in [7, 11) is 2.00. The minimum absolute atomic E-state index is 0. The van der Waals surface area contributed by atoms with E-state index < -0.39 is 6.23 Å². The normalized spacial score (nSPS) is 20.5. The van der Waals surface area contributed by atoms with Crippen molar-refractivity contribution in [1.82, 2.24) is 5.32 Å². The van der Waals surface area contributed by atoms with Crippen LogP contribution in [0.4, 0.5) is 5.69 Å². The highest BCUT2D eigenvalue weighted by molar-refractivity contribution is 5.85. The van der Waals surface area contributed by atoms with Crippen molar-refractivity contribution in [2.24, 2.45) is 0 Å². The van der Waals surface area contributed by atoms with E-state index in [1.54, 1.807) is 0 Å². The van der Waals surface area contributed by atoms with Crippen LogP contribution in [-0.2, 0) is 0 Å². The summed E-state index contributed by atoms with van der Waals surface area (Å²) in [5.74, 6) is 0. The maximum absolute atomic E-state index is 9.54. The standard InChI is InChI=1S/C9H12N2O.ClH/c1-11-6-10-9(12)7-4-2-3-5-8(7)11;/h2-5,9-10,12H,6H2,1H3;1H. The Bertz CT molecular complexity index is 264. The number of anilines is 1. The van der Waals surface area contributed by atoms with Gasteiger partial charge in [0.1, 0.15) is 6.23 Å². The lowest BCUT2D eigenvalue weighted by atomic mass is 10.1. The lowest BCUT2D eigenvalue weighted by molar-refractivity contribution is 0.134. The summed E-state index contributed by atoms with van der Waals surface area (Å²) < 4.78 is 0. The first-order valence-electron chi connectivity index (χ1n) is 4.00. The molecule has 3 nitrogen and oxygen atoms in total. The molecule has 0 spiro atoms. The quantitative estimate of drug-likeness (QED) is 0.659. The molecule has 1 aliphatic heterocycles. The smallest absolute Gasteiger partial charge is 0.134 e. The van der Waals surface area contributed by atoms with Crippen LogP contribution in [-0.4, -0.2) is 18.8 Å². The first-order valence-corrected chi connectivity index (χ1v) is 4.00. The van der Waals surface area contributed by atoms with Crippen LogP contribution in [0.3, 0.4) is 0 Å². The van der Waals surface area contributed by atoms with Gasteiger partial charge in [0.2, 0.25) is 0 Å². The lowest BCUT2D eigenvalue weighted by Crippen LogP contribution is -2.39. The lowest BCUT2D eigenvalue weighted by Gasteiger charge is -2.31. The number of hydrogen-bond acceptors (Lipinski definition) is 3. The molecular weight excluding hydrogens is 188 g/mol. The van der Waals surface area contributed by atoms with Gasteiger partial charge in [-0.15, -0.1) is 12.4 Å². The highest BCUT2D eigenvalue weighted by Gasteiger charge is 2.18. The molecule has 0 aliphatic carbocycles. The third-order valence-corrected chi connectivity index (χ3v) is 2.16. The molecule has 2 rings (SSSR count). The fraction of sp³-hybridized carbons (Fsp3) is 0.333. The van der Waals surface area contributed by atoms with Crippen molar-refractivity contribution in [1.29, 1.82) is 0 Å². The van der Waals surface area contributed by atoms with Crippen molar-refractivity contribution in [3.63, 3.8) is 0 Å². The molecular formula is C9H13ClN2O. The average Bonchev–Trinajstić information content (AvgIpc) is 2.12. The molecule has 4 heteroatoms. The van der Waals surface area contributed by atoms with Crippen molar-refractivity contribution >= 4 is 18.1 Å². The van der Waals surface area contributed by atoms with E-state index in [-0.39, 0.29) is 12.4 Å². The number of aliphatic hydroxyl groups excluding tert-OH is 1. The number of nitrogens with one attached hydrogen (secondary N) is 1. The summed E-state index contributed by atoms with van der Waals surface area (Å²) in [4.78, 5) is 2.07. The maximum Gasteiger partial charge on any atom is 0.134 e. The van der Waals surface area contributed by atoms with Crippen LogP contribution in [0.1, 0.15) is 11.8 Å². The number of hydrogen-bond donors (Lipinski definition) is 2. The van der Waals surface area contributed by atoms with E-state index in [4.69, 9.17) is 0 Å². The topological polar surface area (TPSA) is 35.5 Å². The fourth-order valence-corrected chi connectivity index (χ4v) is 1.48. The number of fused-ring (bicyclic) bond motifs is 1. The van der Waals surface area contributed by atoms with Gasteiger partial charge in [-0.1, -0.05) is 18.2 Å². The Labute approximate surface area is 83.8 Å². The SMILES string of the molecule is CN1CNC(O)c2ccccc21.Cl. The number of rotatable bonds is 0. The van der Waals surface area contributed by atoms with Crippen LogP contribution in [0.15, 0.2) is 24.3 Å². The van der Waals surface area contributed by atoms with Gasteiger partial charge in [-0.25, -0.2) is 0 Å². The first-order chi connectivity index (χ1) is 5.79. The molecule has 13 heavy (non-hydrogen) atoms. The molecule has 1 aromatic rings. The third-order valence-electron chi connectivity index (χ3n) is 2.16. The second-order valence-electron chi connectivity index (χ2n) is 3.02. The first kappa shape index (κ1) is 10.3. The van der Waals surface area contributed by atoms with Crippen molar-refractivity contribution in [3.8, 4) is 0 Å². The Morgan fingerprint density at radius 3 is 2.85 bits per heavy atom. The Hall–Kier alpha value is -0.770. The van der Waals surface area contributed by atoms with Crippen LogP contribution in [0.25, 0.3) is 0 Å². The van der Waals surface area contributed by atoms with Crippen LogP contribution in [0, 0.1) is 0 Å². The van der Waals surface area contributed by atoms with Crippen LogP contribution < -0.4 is 10.2 Å². The summed E-state index contributed by atoms with van der Waals surface area (Å²) >= 11 is 0. The molecule has 2 N–H and O–H groups in total. The van der Waals surface area contributed by atoms with Gasteiger partial charge < -0.3 is 10.0 Å². The molecule has 0 bridgehead atoms. The van der Waals surface area contributed by atoms with Crippen LogP contribution in [0.2, 0.25) is 0 Å². The molecule has 1 atom stereocenters. The van der Waals surface area contributed by atoms with Gasteiger partial charge >= 0.3 is 0 Å². The van der Waals surface area contributed by atoms with E-state index in [0.717, 1.165) is 11.3 Å². The fourth-order valence-electron chi connectivity index (χ4n) is 1.48. The minimum atomic E-state index is -0.516. The molecule has 0 radical (unpaired) electrons. The summed E-state index contributed by atoms with van der Waals surface area (Å²) in [6.07, 6.45) is -0.516. The Morgan fingerprint density at radius 2 is 2.15 bits per heavy atom. The van der Waals surface area contributed by atoms with Crippen molar-refractivity contribution in [2.75, 3.05) is 18.6 Å². The molecule has 0 saturated heterocycles. The zero-order valence-electron chi connectivity index (χ0n) is 7.40. The second-order valence-corrected chi connectivity index (χ2v) is 3.02. The van der Waals surface area contributed by atoms with E-state index in [2.05, 4.69) is 10.2 Å². The minimum Gasteiger partial charge on any atom is -0.374 e. The van der Waals surface area contributed by atoms with Gasteiger partial charge in [0, 0.05) is 18.3 Å². The summed E-state index contributed by atoms with van der Waals surface area (Å²) in [5, 5.41) is 12.5.